The highest BCUT2D eigenvalue weighted by molar-refractivity contribution is 6.04. The maximum atomic E-state index is 12.6. The number of nitrogens with one attached hydrogen (secondary N) is 4. The van der Waals surface area contributed by atoms with Gasteiger partial charge in [-0.2, -0.15) is 0 Å². The summed E-state index contributed by atoms with van der Waals surface area (Å²) >= 11 is 0. The summed E-state index contributed by atoms with van der Waals surface area (Å²) in [4.78, 5) is 14.9. The van der Waals surface area contributed by atoms with E-state index in [1.807, 2.05) is 48.5 Å². The molecule has 2 fully saturated rings. The molecule has 0 aliphatic carbocycles. The molecule has 7 heteroatoms. The lowest BCUT2D eigenvalue weighted by molar-refractivity contribution is 0.102. The van der Waals surface area contributed by atoms with Crippen molar-refractivity contribution in [1.82, 2.24) is 20.9 Å². The van der Waals surface area contributed by atoms with Gasteiger partial charge >= 0.3 is 0 Å². The van der Waals surface area contributed by atoms with E-state index < -0.39 is 0 Å². The van der Waals surface area contributed by atoms with Crippen molar-refractivity contribution >= 4 is 11.6 Å². The Labute approximate surface area is 165 Å². The van der Waals surface area contributed by atoms with Gasteiger partial charge < -0.3 is 11.1 Å². The van der Waals surface area contributed by atoms with E-state index in [0.717, 1.165) is 44.0 Å². The quantitative estimate of drug-likeness (QED) is 0.513. The van der Waals surface area contributed by atoms with E-state index in [4.69, 9.17) is 5.73 Å². The number of hydrogen-bond acceptors (Lipinski definition) is 6. The van der Waals surface area contributed by atoms with Crippen molar-refractivity contribution in [2.75, 3.05) is 44.6 Å². The van der Waals surface area contributed by atoms with Gasteiger partial charge in [-0.3, -0.25) is 25.6 Å². The second-order valence-electron chi connectivity index (χ2n) is 7.22. The fourth-order valence-corrected chi connectivity index (χ4v) is 3.86. The van der Waals surface area contributed by atoms with Gasteiger partial charge in [-0.05, 0) is 35.4 Å². The van der Waals surface area contributed by atoms with Crippen molar-refractivity contribution in [2.24, 2.45) is 5.73 Å². The zero-order valence-corrected chi connectivity index (χ0v) is 15.9. The Hall–Kier alpha value is -2.29. The predicted molar refractivity (Wildman–Crippen MR) is 111 cm³/mol. The van der Waals surface area contributed by atoms with Crippen LogP contribution in [0.3, 0.4) is 0 Å². The molecule has 28 heavy (non-hydrogen) atoms. The highest BCUT2D eigenvalue weighted by atomic mass is 16.1. The molecule has 0 bridgehead atoms. The van der Waals surface area contributed by atoms with Gasteiger partial charge in [0.25, 0.3) is 5.91 Å². The molecule has 1 amide bonds. The first-order chi connectivity index (χ1) is 13.7. The number of hydrogen-bond donors (Lipinski definition) is 5. The van der Waals surface area contributed by atoms with Crippen LogP contribution in [0.2, 0.25) is 0 Å². The van der Waals surface area contributed by atoms with Gasteiger partial charge in [0, 0.05) is 50.5 Å². The molecule has 1 atom stereocenters. The van der Waals surface area contributed by atoms with Crippen LogP contribution in [-0.4, -0.2) is 50.1 Å². The Balaban J connectivity index is 1.38. The summed E-state index contributed by atoms with van der Waals surface area (Å²) in [5, 5.41) is 13.2. The van der Waals surface area contributed by atoms with Gasteiger partial charge in [-0.25, -0.2) is 0 Å². The fraction of sp³-hybridized carbons (Fsp3) is 0.381. The van der Waals surface area contributed by atoms with E-state index in [9.17, 15) is 4.79 Å². The third-order valence-electron chi connectivity index (χ3n) is 5.33. The number of amides is 1. The van der Waals surface area contributed by atoms with Gasteiger partial charge in [0.1, 0.15) is 0 Å². The standard InChI is InChI=1S/C21H28N6O/c22-9-13-27-14-12-25-20(27)16-1-3-17(4-2-16)21(28)26-18-7-5-15(6-8-18)19-23-10-11-24-19/h1-8,19-20,23-25H,9-14,22H2,(H,26,28)/t20-/m0/s1. The molecule has 0 saturated carbocycles. The summed E-state index contributed by atoms with van der Waals surface area (Å²) in [6, 6.07) is 15.7. The van der Waals surface area contributed by atoms with Crippen LogP contribution >= 0.6 is 0 Å². The molecular formula is C21H28N6O. The first-order valence-corrected chi connectivity index (χ1v) is 9.90. The van der Waals surface area contributed by atoms with Crippen LogP contribution in [0.1, 0.15) is 33.8 Å². The lowest BCUT2D eigenvalue weighted by Crippen LogP contribution is -2.32. The van der Waals surface area contributed by atoms with Crippen molar-refractivity contribution in [2.45, 2.75) is 12.3 Å². The number of carbonyl (C=O) groups excluding carboxylic acids is 1. The van der Waals surface area contributed by atoms with Gasteiger partial charge in [-0.1, -0.05) is 24.3 Å². The van der Waals surface area contributed by atoms with E-state index in [1.165, 1.54) is 5.56 Å². The highest BCUT2D eigenvalue weighted by Gasteiger charge is 2.24. The highest BCUT2D eigenvalue weighted by Crippen LogP contribution is 2.22. The molecule has 2 aliphatic rings. The van der Waals surface area contributed by atoms with Crippen LogP contribution in [-0.2, 0) is 0 Å². The third kappa shape index (κ3) is 4.24. The molecule has 2 aromatic rings. The smallest absolute Gasteiger partial charge is 0.255 e. The zero-order chi connectivity index (χ0) is 19.3. The Morgan fingerprint density at radius 2 is 1.64 bits per heavy atom. The summed E-state index contributed by atoms with van der Waals surface area (Å²) in [6.45, 7) is 5.39. The van der Waals surface area contributed by atoms with E-state index in [-0.39, 0.29) is 18.2 Å². The molecule has 2 saturated heterocycles. The van der Waals surface area contributed by atoms with Crippen molar-refractivity contribution in [3.8, 4) is 0 Å². The van der Waals surface area contributed by atoms with Crippen LogP contribution in [0.4, 0.5) is 5.69 Å². The summed E-state index contributed by atoms with van der Waals surface area (Å²) < 4.78 is 0. The first-order valence-electron chi connectivity index (χ1n) is 9.90. The van der Waals surface area contributed by atoms with Gasteiger partial charge in [0.05, 0.1) is 12.3 Å². The van der Waals surface area contributed by atoms with Crippen LogP contribution in [0.15, 0.2) is 48.5 Å². The predicted octanol–water partition coefficient (Wildman–Crippen LogP) is 0.993. The van der Waals surface area contributed by atoms with Crippen molar-refractivity contribution in [1.29, 1.82) is 0 Å². The Kier molecular flexibility index (Phi) is 5.99. The van der Waals surface area contributed by atoms with Gasteiger partial charge in [0.15, 0.2) is 0 Å². The second-order valence-corrected chi connectivity index (χ2v) is 7.22. The number of anilines is 1. The molecule has 0 unspecified atom stereocenters. The van der Waals surface area contributed by atoms with E-state index >= 15 is 0 Å². The Morgan fingerprint density at radius 1 is 0.964 bits per heavy atom. The molecule has 4 rings (SSSR count). The van der Waals surface area contributed by atoms with Crippen LogP contribution in [0, 0.1) is 0 Å². The number of nitrogens with zero attached hydrogens (tertiary/aromatic N) is 1. The van der Waals surface area contributed by atoms with E-state index in [0.29, 0.717) is 12.1 Å². The number of rotatable bonds is 6. The minimum Gasteiger partial charge on any atom is -0.329 e. The lowest BCUT2D eigenvalue weighted by atomic mass is 10.1. The molecular weight excluding hydrogens is 352 g/mol. The average molecular weight is 380 g/mol. The molecule has 7 nitrogen and oxygen atoms in total. The second kappa shape index (κ2) is 8.81. The lowest BCUT2D eigenvalue weighted by Gasteiger charge is -2.23. The molecule has 0 aromatic heterocycles. The van der Waals surface area contributed by atoms with Crippen LogP contribution < -0.4 is 27.0 Å². The third-order valence-corrected chi connectivity index (χ3v) is 5.33. The maximum absolute atomic E-state index is 12.6. The largest absolute Gasteiger partial charge is 0.329 e. The van der Waals surface area contributed by atoms with Crippen molar-refractivity contribution < 1.29 is 4.79 Å². The Bertz CT molecular complexity index is 786. The molecule has 0 radical (unpaired) electrons. The molecule has 2 aromatic carbocycles. The van der Waals surface area contributed by atoms with E-state index in [2.05, 4.69) is 26.2 Å². The summed E-state index contributed by atoms with van der Waals surface area (Å²) in [5.74, 6) is -0.102. The SMILES string of the molecule is NCCN1CCN[C@@H]1c1ccc(C(=O)Nc2ccc(C3NCCN3)cc2)cc1. The number of benzene rings is 2. The summed E-state index contributed by atoms with van der Waals surface area (Å²) in [6.07, 6.45) is 0.367. The number of carbonyl (C=O) groups is 1. The minimum absolute atomic E-state index is 0.102. The van der Waals surface area contributed by atoms with Crippen LogP contribution in [0.5, 0.6) is 0 Å². The normalized spacial score (nSPS) is 20.5. The van der Waals surface area contributed by atoms with Crippen molar-refractivity contribution in [3.05, 3.63) is 65.2 Å². The van der Waals surface area contributed by atoms with Gasteiger partial charge in [0.2, 0.25) is 0 Å². The topological polar surface area (TPSA) is 94.5 Å². The van der Waals surface area contributed by atoms with Crippen molar-refractivity contribution in [3.63, 3.8) is 0 Å². The minimum atomic E-state index is -0.102. The molecule has 2 aliphatic heterocycles. The molecule has 2 heterocycles. The zero-order valence-electron chi connectivity index (χ0n) is 15.9. The first kappa shape index (κ1) is 19.0. The molecule has 6 N–H and O–H groups in total. The molecule has 148 valence electrons. The Morgan fingerprint density at radius 3 is 2.32 bits per heavy atom. The summed E-state index contributed by atoms with van der Waals surface area (Å²) in [7, 11) is 0. The monoisotopic (exact) mass is 380 g/mol. The average Bonchev–Trinajstić information content (AvgIpc) is 3.41. The summed E-state index contributed by atoms with van der Waals surface area (Å²) in [5.41, 5.74) is 9.47. The number of nitrogens with two attached hydrogens (primary N) is 1. The van der Waals surface area contributed by atoms with E-state index in [1.54, 1.807) is 0 Å². The maximum Gasteiger partial charge on any atom is 0.255 e. The molecule has 0 spiro atoms. The fourth-order valence-electron chi connectivity index (χ4n) is 3.86. The van der Waals surface area contributed by atoms with Gasteiger partial charge in [-0.15, -0.1) is 0 Å². The van der Waals surface area contributed by atoms with Crippen LogP contribution in [0.25, 0.3) is 0 Å².